The number of rotatable bonds is 4. The Labute approximate surface area is 151 Å². The van der Waals surface area contributed by atoms with Crippen molar-refractivity contribution in [1.82, 2.24) is 14.5 Å². The topological polar surface area (TPSA) is 117 Å². The molecule has 2 aromatic carbocycles. The summed E-state index contributed by atoms with van der Waals surface area (Å²) in [6.07, 6.45) is 1.16. The molecule has 0 spiro atoms. The van der Waals surface area contributed by atoms with Gasteiger partial charge in [0.1, 0.15) is 11.9 Å². The van der Waals surface area contributed by atoms with Crippen molar-refractivity contribution in [1.29, 1.82) is 0 Å². The molecule has 2 aromatic heterocycles. The lowest BCUT2D eigenvalue weighted by molar-refractivity contribution is -0.385. The van der Waals surface area contributed by atoms with Gasteiger partial charge >= 0.3 is 0 Å². The van der Waals surface area contributed by atoms with Crippen molar-refractivity contribution in [2.75, 3.05) is 0 Å². The van der Waals surface area contributed by atoms with E-state index in [0.717, 1.165) is 11.9 Å². The summed E-state index contributed by atoms with van der Waals surface area (Å²) in [6, 6.07) is 16.6. The predicted molar refractivity (Wildman–Crippen MR) is 97.6 cm³/mol. The van der Waals surface area contributed by atoms with Crippen molar-refractivity contribution in [2.24, 2.45) is 0 Å². The fourth-order valence-electron chi connectivity index (χ4n) is 2.82. The molecule has 0 unspecified atom stereocenters. The van der Waals surface area contributed by atoms with Gasteiger partial charge in [-0.2, -0.15) is 0 Å². The molecule has 9 heteroatoms. The number of nitrogens with zero attached hydrogens (tertiary/aromatic N) is 5. The number of benzene rings is 2. The third kappa shape index (κ3) is 2.86. The van der Waals surface area contributed by atoms with Gasteiger partial charge in [-0.15, -0.1) is 0 Å². The highest BCUT2D eigenvalue weighted by Gasteiger charge is 2.18. The van der Waals surface area contributed by atoms with E-state index in [0.29, 0.717) is 22.6 Å². The van der Waals surface area contributed by atoms with E-state index in [9.17, 15) is 20.2 Å². The quantitative estimate of drug-likeness (QED) is 0.402. The number of nitro groups is 2. The molecule has 9 nitrogen and oxygen atoms in total. The molecule has 0 saturated carbocycles. The van der Waals surface area contributed by atoms with Crippen LogP contribution in [0.1, 0.15) is 0 Å². The maximum atomic E-state index is 11.1. The number of aromatic nitrogens is 3. The average molecular weight is 361 g/mol. The molecule has 0 fully saturated rings. The van der Waals surface area contributed by atoms with E-state index < -0.39 is 9.85 Å². The number of para-hydroxylation sites is 1. The van der Waals surface area contributed by atoms with Crippen molar-refractivity contribution >= 4 is 22.4 Å². The third-order valence-corrected chi connectivity index (χ3v) is 4.05. The summed E-state index contributed by atoms with van der Waals surface area (Å²) < 4.78 is 1.81. The van der Waals surface area contributed by atoms with Gasteiger partial charge in [0.25, 0.3) is 11.4 Å². The van der Waals surface area contributed by atoms with Gasteiger partial charge in [-0.25, -0.2) is 9.97 Å². The van der Waals surface area contributed by atoms with Crippen LogP contribution in [0.4, 0.5) is 11.4 Å². The van der Waals surface area contributed by atoms with Gasteiger partial charge in [0, 0.05) is 23.9 Å². The Morgan fingerprint density at radius 2 is 1.56 bits per heavy atom. The summed E-state index contributed by atoms with van der Waals surface area (Å²) in [6.45, 7) is 0. The summed E-state index contributed by atoms with van der Waals surface area (Å²) in [5.41, 5.74) is 2.12. The van der Waals surface area contributed by atoms with E-state index in [1.54, 1.807) is 6.07 Å². The molecular weight excluding hydrogens is 350 g/mol. The Balaban J connectivity index is 1.97. The Bertz CT molecular complexity index is 1170. The molecule has 0 saturated heterocycles. The Kier molecular flexibility index (Phi) is 3.81. The first-order chi connectivity index (χ1) is 13.0. The molecule has 2 heterocycles. The highest BCUT2D eigenvalue weighted by molar-refractivity contribution is 5.84. The summed E-state index contributed by atoms with van der Waals surface area (Å²) in [7, 11) is 0. The molecule has 0 atom stereocenters. The first-order valence-electron chi connectivity index (χ1n) is 7.88. The minimum absolute atomic E-state index is 0.0663. The highest BCUT2D eigenvalue weighted by atomic mass is 16.6. The molecule has 0 aliphatic carbocycles. The number of fused-ring (bicyclic) bond motifs is 1. The van der Waals surface area contributed by atoms with E-state index in [4.69, 9.17) is 0 Å². The SMILES string of the molecule is O=[N+]([O-])c1ccc(-c2nc3cc([N+](=O)[O-])ccc3n2-c2ccccc2)nc1. The minimum atomic E-state index is -0.527. The van der Waals surface area contributed by atoms with Gasteiger partial charge in [-0.1, -0.05) is 18.2 Å². The van der Waals surface area contributed by atoms with Crippen molar-refractivity contribution in [3.63, 3.8) is 0 Å². The molecule has 0 bridgehead atoms. The van der Waals surface area contributed by atoms with Gasteiger partial charge in [-0.05, 0) is 24.3 Å². The summed E-state index contributed by atoms with van der Waals surface area (Å²) in [5, 5.41) is 21.9. The predicted octanol–water partition coefficient (Wildman–Crippen LogP) is 3.90. The number of nitro benzene ring substituents is 1. The van der Waals surface area contributed by atoms with Crippen LogP contribution >= 0.6 is 0 Å². The monoisotopic (exact) mass is 361 g/mol. The number of non-ortho nitro benzene ring substituents is 1. The standard InChI is InChI=1S/C18H11N5O4/c24-22(25)13-7-9-17-16(10-13)20-18(21(17)12-4-2-1-3-5-12)15-8-6-14(11-19-15)23(26)27/h1-11H. The lowest BCUT2D eigenvalue weighted by Crippen LogP contribution is -1.99. The van der Waals surface area contributed by atoms with Crippen LogP contribution in [0.5, 0.6) is 0 Å². The normalized spacial score (nSPS) is 10.8. The van der Waals surface area contributed by atoms with Gasteiger partial charge in [0.2, 0.25) is 0 Å². The van der Waals surface area contributed by atoms with Crippen LogP contribution in [-0.4, -0.2) is 24.4 Å². The fraction of sp³-hybridized carbons (Fsp3) is 0. The summed E-state index contributed by atoms with van der Waals surface area (Å²) >= 11 is 0. The molecule has 0 aliphatic rings. The smallest absolute Gasteiger partial charge is 0.287 e. The Morgan fingerprint density at radius 1 is 0.852 bits per heavy atom. The maximum absolute atomic E-state index is 11.1. The van der Waals surface area contributed by atoms with Crippen molar-refractivity contribution < 1.29 is 9.85 Å². The second-order valence-electron chi connectivity index (χ2n) is 5.70. The molecule has 4 rings (SSSR count). The van der Waals surface area contributed by atoms with Crippen molar-refractivity contribution in [2.45, 2.75) is 0 Å². The van der Waals surface area contributed by atoms with E-state index in [1.165, 1.54) is 24.3 Å². The lowest BCUT2D eigenvalue weighted by atomic mass is 10.2. The zero-order chi connectivity index (χ0) is 19.0. The summed E-state index contributed by atoms with van der Waals surface area (Å²) in [4.78, 5) is 29.6. The van der Waals surface area contributed by atoms with E-state index in [1.807, 2.05) is 34.9 Å². The van der Waals surface area contributed by atoms with Crippen LogP contribution in [-0.2, 0) is 0 Å². The largest absolute Gasteiger partial charge is 0.291 e. The van der Waals surface area contributed by atoms with Crippen LogP contribution in [0, 0.1) is 20.2 Å². The average Bonchev–Trinajstić information content (AvgIpc) is 3.07. The van der Waals surface area contributed by atoms with Crippen LogP contribution in [0.15, 0.2) is 66.9 Å². The molecule has 0 radical (unpaired) electrons. The minimum Gasteiger partial charge on any atom is -0.291 e. The van der Waals surface area contributed by atoms with Crippen LogP contribution in [0.3, 0.4) is 0 Å². The van der Waals surface area contributed by atoms with E-state index in [2.05, 4.69) is 9.97 Å². The van der Waals surface area contributed by atoms with Crippen LogP contribution in [0.2, 0.25) is 0 Å². The fourth-order valence-corrected chi connectivity index (χ4v) is 2.82. The lowest BCUT2D eigenvalue weighted by Gasteiger charge is -2.08. The molecule has 0 amide bonds. The third-order valence-electron chi connectivity index (χ3n) is 4.05. The van der Waals surface area contributed by atoms with Gasteiger partial charge in [0.05, 0.1) is 20.9 Å². The number of imidazole rings is 1. The van der Waals surface area contributed by atoms with Crippen molar-refractivity contribution in [3.8, 4) is 17.2 Å². The van der Waals surface area contributed by atoms with Crippen LogP contribution in [0.25, 0.3) is 28.2 Å². The summed E-state index contributed by atoms with van der Waals surface area (Å²) in [5.74, 6) is 0.437. The Morgan fingerprint density at radius 3 is 2.19 bits per heavy atom. The van der Waals surface area contributed by atoms with Gasteiger partial charge < -0.3 is 0 Å². The van der Waals surface area contributed by atoms with Gasteiger partial charge in [0.15, 0.2) is 5.82 Å². The van der Waals surface area contributed by atoms with Crippen LogP contribution < -0.4 is 0 Å². The molecule has 27 heavy (non-hydrogen) atoms. The second kappa shape index (κ2) is 6.30. The first-order valence-corrected chi connectivity index (χ1v) is 7.88. The van der Waals surface area contributed by atoms with Gasteiger partial charge in [-0.3, -0.25) is 24.8 Å². The number of hydrogen-bond donors (Lipinski definition) is 0. The highest BCUT2D eigenvalue weighted by Crippen LogP contribution is 2.30. The molecule has 0 aliphatic heterocycles. The van der Waals surface area contributed by atoms with E-state index in [-0.39, 0.29) is 11.4 Å². The molecular formula is C18H11N5O4. The molecule has 0 N–H and O–H groups in total. The Hall–Kier alpha value is -4.14. The second-order valence-corrected chi connectivity index (χ2v) is 5.70. The number of hydrogen-bond acceptors (Lipinski definition) is 6. The first kappa shape index (κ1) is 16.3. The maximum Gasteiger partial charge on any atom is 0.287 e. The van der Waals surface area contributed by atoms with E-state index >= 15 is 0 Å². The molecule has 4 aromatic rings. The zero-order valence-electron chi connectivity index (χ0n) is 13.7. The zero-order valence-corrected chi connectivity index (χ0v) is 13.7. The molecule has 132 valence electrons. The van der Waals surface area contributed by atoms with Crippen molar-refractivity contribution in [3.05, 3.63) is 87.1 Å². The number of pyridine rings is 1.